The number of alkyl halides is 3. The largest absolute Gasteiger partial charge is 0.507 e. The van der Waals surface area contributed by atoms with Crippen molar-refractivity contribution in [1.82, 2.24) is 15.2 Å². The number of phenols is 1. The van der Waals surface area contributed by atoms with Gasteiger partial charge in [0.1, 0.15) is 17.7 Å². The average Bonchev–Trinajstić information content (AvgIpc) is 2.52. The zero-order chi connectivity index (χ0) is 20.0. The van der Waals surface area contributed by atoms with Crippen LogP contribution in [0, 0.1) is 6.92 Å². The third-order valence-corrected chi connectivity index (χ3v) is 4.16. The number of morpholine rings is 1. The van der Waals surface area contributed by atoms with Crippen molar-refractivity contribution >= 4 is 5.95 Å². The number of halogens is 3. The molecule has 1 atom stereocenters. The van der Waals surface area contributed by atoms with Crippen LogP contribution in [0.2, 0.25) is 0 Å². The van der Waals surface area contributed by atoms with Gasteiger partial charge in [-0.1, -0.05) is 0 Å². The molecule has 1 aromatic heterocycles. The molecule has 27 heavy (non-hydrogen) atoms. The van der Waals surface area contributed by atoms with E-state index in [2.05, 4.69) is 15.2 Å². The van der Waals surface area contributed by atoms with Crippen molar-refractivity contribution in [2.75, 3.05) is 18.0 Å². The maximum absolute atomic E-state index is 12.8. The molecule has 0 amide bonds. The Labute approximate surface area is 154 Å². The number of aromatic hydroxyl groups is 1. The molecule has 0 unspecified atom stereocenters. The first kappa shape index (κ1) is 19.3. The van der Waals surface area contributed by atoms with Crippen LogP contribution in [0.25, 0.3) is 11.3 Å². The summed E-state index contributed by atoms with van der Waals surface area (Å²) < 4.78 is 43.9. The second-order valence-corrected chi connectivity index (χ2v) is 7.07. The maximum Gasteiger partial charge on any atom is 0.416 e. The Morgan fingerprint density at radius 1 is 1.30 bits per heavy atom. The van der Waals surface area contributed by atoms with Gasteiger partial charge in [0, 0.05) is 12.1 Å². The van der Waals surface area contributed by atoms with E-state index in [1.807, 2.05) is 18.7 Å². The number of ether oxygens (including phenoxy) is 1. The lowest BCUT2D eigenvalue weighted by Crippen LogP contribution is -2.56. The minimum atomic E-state index is -4.54. The molecule has 146 valence electrons. The Morgan fingerprint density at radius 3 is 2.56 bits per heavy atom. The van der Waals surface area contributed by atoms with E-state index < -0.39 is 29.3 Å². The Kier molecular flexibility index (Phi) is 4.73. The van der Waals surface area contributed by atoms with Crippen LogP contribution in [0.1, 0.15) is 25.1 Å². The molecular weight excluding hydrogens is 363 g/mol. The summed E-state index contributed by atoms with van der Waals surface area (Å²) in [4.78, 5) is 6.23. The summed E-state index contributed by atoms with van der Waals surface area (Å²) in [5.74, 6) is -0.194. The Hall–Kier alpha value is -2.46. The van der Waals surface area contributed by atoms with E-state index in [1.54, 1.807) is 6.92 Å². The highest BCUT2D eigenvalue weighted by Crippen LogP contribution is 2.36. The van der Waals surface area contributed by atoms with Gasteiger partial charge in [-0.25, -0.2) is 4.98 Å². The molecule has 0 spiro atoms. The van der Waals surface area contributed by atoms with Crippen molar-refractivity contribution in [3.05, 3.63) is 29.5 Å². The molecule has 0 aliphatic carbocycles. The summed E-state index contributed by atoms with van der Waals surface area (Å²) in [5, 5.41) is 18.2. The number of rotatable bonds is 2. The van der Waals surface area contributed by atoms with Gasteiger partial charge in [0.2, 0.25) is 5.95 Å². The van der Waals surface area contributed by atoms with Crippen molar-refractivity contribution in [3.8, 4) is 17.0 Å². The van der Waals surface area contributed by atoms with Crippen LogP contribution in [0.15, 0.2) is 18.2 Å². The lowest BCUT2D eigenvalue weighted by atomic mass is 10.1. The van der Waals surface area contributed by atoms with E-state index in [-0.39, 0.29) is 11.3 Å². The lowest BCUT2D eigenvalue weighted by molar-refractivity contribution is -0.137. The minimum Gasteiger partial charge on any atom is -0.507 e. The minimum absolute atomic E-state index is 0.131. The van der Waals surface area contributed by atoms with Crippen molar-refractivity contribution in [2.24, 2.45) is 5.73 Å². The third kappa shape index (κ3) is 4.11. The van der Waals surface area contributed by atoms with Crippen molar-refractivity contribution in [1.29, 1.82) is 0 Å². The molecule has 1 saturated heterocycles. The predicted octanol–water partition coefficient (Wildman–Crippen LogP) is 2.47. The monoisotopic (exact) mass is 383 g/mol. The van der Waals surface area contributed by atoms with E-state index >= 15 is 0 Å². The summed E-state index contributed by atoms with van der Waals surface area (Å²) >= 11 is 0. The number of aryl methyl sites for hydroxylation is 1. The van der Waals surface area contributed by atoms with Crippen LogP contribution >= 0.6 is 0 Å². The summed E-state index contributed by atoms with van der Waals surface area (Å²) in [6, 6.07) is 2.70. The van der Waals surface area contributed by atoms with E-state index in [9.17, 15) is 18.3 Å². The van der Waals surface area contributed by atoms with Gasteiger partial charge in [-0.2, -0.15) is 13.2 Å². The van der Waals surface area contributed by atoms with Crippen LogP contribution in [0.3, 0.4) is 0 Å². The molecule has 3 N–H and O–H groups in total. The average molecular weight is 383 g/mol. The zero-order valence-electron chi connectivity index (χ0n) is 15.1. The van der Waals surface area contributed by atoms with E-state index in [1.165, 1.54) is 0 Å². The number of nitrogens with two attached hydrogens (primary N) is 1. The Morgan fingerprint density at radius 2 is 2.00 bits per heavy atom. The maximum atomic E-state index is 12.8. The fourth-order valence-electron chi connectivity index (χ4n) is 3.06. The highest BCUT2D eigenvalue weighted by molar-refractivity contribution is 5.69. The molecule has 1 aliphatic heterocycles. The first-order chi connectivity index (χ1) is 12.5. The molecular formula is C17H20F3N5O2. The SMILES string of the molecule is Cc1nc(N2C[C@H](N)OC(C)(C)C2)nnc1-c1ccc(C(F)(F)F)cc1O. The molecule has 1 fully saturated rings. The molecule has 1 aliphatic rings. The fourth-order valence-corrected chi connectivity index (χ4v) is 3.06. The fraction of sp³-hybridized carbons (Fsp3) is 0.471. The van der Waals surface area contributed by atoms with Gasteiger partial charge in [0.05, 0.1) is 23.4 Å². The smallest absolute Gasteiger partial charge is 0.416 e. The number of phenolic OH excluding ortho intramolecular Hbond substituents is 1. The van der Waals surface area contributed by atoms with Crippen molar-refractivity contribution in [3.63, 3.8) is 0 Å². The normalized spacial score (nSPS) is 20.0. The molecule has 2 aromatic rings. The van der Waals surface area contributed by atoms with Crippen molar-refractivity contribution in [2.45, 2.75) is 38.8 Å². The topological polar surface area (TPSA) is 97.4 Å². The number of hydrogen-bond donors (Lipinski definition) is 2. The molecule has 7 nitrogen and oxygen atoms in total. The molecule has 2 heterocycles. The molecule has 1 aromatic carbocycles. The first-order valence-electron chi connectivity index (χ1n) is 8.26. The van der Waals surface area contributed by atoms with Crippen LogP contribution in [0.4, 0.5) is 19.1 Å². The summed E-state index contributed by atoms with van der Waals surface area (Å²) in [5.41, 5.74) is 5.24. The summed E-state index contributed by atoms with van der Waals surface area (Å²) in [6.07, 6.45) is -5.04. The van der Waals surface area contributed by atoms with Crippen LogP contribution in [0.5, 0.6) is 5.75 Å². The second-order valence-electron chi connectivity index (χ2n) is 7.07. The number of hydrogen-bond acceptors (Lipinski definition) is 7. The van der Waals surface area contributed by atoms with Crippen LogP contribution in [-0.4, -0.2) is 45.2 Å². The predicted molar refractivity (Wildman–Crippen MR) is 92.0 cm³/mol. The van der Waals surface area contributed by atoms with Gasteiger partial charge in [-0.3, -0.25) is 0 Å². The zero-order valence-corrected chi connectivity index (χ0v) is 15.1. The number of nitrogens with zero attached hydrogens (tertiary/aromatic N) is 4. The molecule has 3 rings (SSSR count). The molecule has 10 heteroatoms. The number of aromatic nitrogens is 3. The number of benzene rings is 1. The molecule has 0 radical (unpaired) electrons. The second kappa shape index (κ2) is 6.61. The summed E-state index contributed by atoms with van der Waals surface area (Å²) in [6.45, 7) is 6.33. The molecule has 0 saturated carbocycles. The Balaban J connectivity index is 1.92. The van der Waals surface area contributed by atoms with Crippen molar-refractivity contribution < 1.29 is 23.0 Å². The summed E-state index contributed by atoms with van der Waals surface area (Å²) in [7, 11) is 0. The van der Waals surface area contributed by atoms with Gasteiger partial charge in [-0.15, -0.1) is 10.2 Å². The third-order valence-electron chi connectivity index (χ3n) is 4.16. The lowest BCUT2D eigenvalue weighted by Gasteiger charge is -2.41. The number of anilines is 1. The van der Waals surface area contributed by atoms with Gasteiger partial charge < -0.3 is 20.5 Å². The van der Waals surface area contributed by atoms with E-state index in [4.69, 9.17) is 10.5 Å². The van der Waals surface area contributed by atoms with E-state index in [0.29, 0.717) is 30.8 Å². The van der Waals surface area contributed by atoms with Gasteiger partial charge in [-0.05, 0) is 39.0 Å². The molecule has 0 bridgehead atoms. The standard InChI is InChI=1S/C17H20F3N5O2/c1-9-14(11-5-4-10(6-12(11)26)17(18,19)20)23-24-15(22-9)25-7-13(21)27-16(2,3)8-25/h4-6,13,26H,7-8,21H2,1-3H3/t13-/m1/s1. The van der Waals surface area contributed by atoms with Gasteiger partial charge in [0.25, 0.3) is 0 Å². The van der Waals surface area contributed by atoms with E-state index in [0.717, 1.165) is 12.1 Å². The Bertz CT molecular complexity index is 857. The quantitative estimate of drug-likeness (QED) is 0.822. The highest BCUT2D eigenvalue weighted by Gasteiger charge is 2.34. The van der Waals surface area contributed by atoms with Crippen LogP contribution in [-0.2, 0) is 10.9 Å². The highest BCUT2D eigenvalue weighted by atomic mass is 19.4. The van der Waals surface area contributed by atoms with Crippen LogP contribution < -0.4 is 10.6 Å². The first-order valence-corrected chi connectivity index (χ1v) is 8.26. The van der Waals surface area contributed by atoms with Gasteiger partial charge in [0.15, 0.2) is 0 Å². The van der Waals surface area contributed by atoms with Gasteiger partial charge >= 0.3 is 6.18 Å².